The highest BCUT2D eigenvalue weighted by Gasteiger charge is 2.26. The number of methoxy groups -OCH3 is 1. The van der Waals surface area contributed by atoms with Crippen LogP contribution in [0.1, 0.15) is 6.42 Å². The van der Waals surface area contributed by atoms with Crippen LogP contribution in [0.2, 0.25) is 5.02 Å². The molecule has 2 N–H and O–H groups in total. The number of amides is 1. The quantitative estimate of drug-likeness (QED) is 0.847. The first-order chi connectivity index (χ1) is 10.1. The first-order valence-corrected chi connectivity index (χ1v) is 7.08. The number of ether oxygens (including phenoxy) is 2. The molecule has 0 spiro atoms. The van der Waals surface area contributed by atoms with Crippen molar-refractivity contribution >= 4 is 29.9 Å². The zero-order valence-corrected chi connectivity index (χ0v) is 13.7. The van der Waals surface area contributed by atoms with Gasteiger partial charge in [-0.25, -0.2) is 4.39 Å². The summed E-state index contributed by atoms with van der Waals surface area (Å²) in [7, 11) is 1.61. The van der Waals surface area contributed by atoms with Gasteiger partial charge in [-0.3, -0.25) is 4.79 Å². The Labute approximate surface area is 139 Å². The van der Waals surface area contributed by atoms with Crippen LogP contribution in [0, 0.1) is 5.82 Å². The second kappa shape index (κ2) is 9.15. The van der Waals surface area contributed by atoms with E-state index >= 15 is 0 Å². The van der Waals surface area contributed by atoms with Gasteiger partial charge in [0.05, 0.1) is 17.2 Å². The van der Waals surface area contributed by atoms with E-state index in [0.29, 0.717) is 6.54 Å². The summed E-state index contributed by atoms with van der Waals surface area (Å²) < 4.78 is 23.8. The standard InChI is InChI=1S/C14H18ClFN2O3.ClH/c1-20-13-7-17-5-4-12(13)18-14(19)8-21-9-2-3-10(15)11(16)6-9;/h2-3,6,12-13,17H,4-5,7-8H2,1H3,(H,18,19);1H/t12-,13+;/m1./s1. The first-order valence-electron chi connectivity index (χ1n) is 6.71. The third-order valence-electron chi connectivity index (χ3n) is 3.34. The van der Waals surface area contributed by atoms with E-state index in [1.165, 1.54) is 12.1 Å². The molecule has 5 nitrogen and oxygen atoms in total. The number of hydrogen-bond acceptors (Lipinski definition) is 4. The van der Waals surface area contributed by atoms with Crippen molar-refractivity contribution < 1.29 is 18.7 Å². The lowest BCUT2D eigenvalue weighted by molar-refractivity contribution is -0.125. The van der Waals surface area contributed by atoms with Crippen LogP contribution in [0.4, 0.5) is 4.39 Å². The van der Waals surface area contributed by atoms with Crippen LogP contribution >= 0.6 is 24.0 Å². The topological polar surface area (TPSA) is 59.6 Å². The molecule has 1 aromatic rings. The predicted octanol–water partition coefficient (Wildman–Crippen LogP) is 1.77. The number of nitrogens with one attached hydrogen (secondary N) is 2. The van der Waals surface area contributed by atoms with Gasteiger partial charge in [0.15, 0.2) is 6.61 Å². The summed E-state index contributed by atoms with van der Waals surface area (Å²) in [4.78, 5) is 11.9. The number of rotatable bonds is 5. The van der Waals surface area contributed by atoms with Gasteiger partial charge < -0.3 is 20.1 Å². The van der Waals surface area contributed by atoms with E-state index in [1.54, 1.807) is 7.11 Å². The SMILES string of the molecule is CO[C@H]1CNCC[C@H]1NC(=O)COc1ccc(Cl)c(F)c1.Cl. The average Bonchev–Trinajstić information content (AvgIpc) is 2.49. The molecule has 1 saturated heterocycles. The molecule has 0 radical (unpaired) electrons. The highest BCUT2D eigenvalue weighted by atomic mass is 35.5. The molecule has 1 aromatic carbocycles. The molecular formula is C14H19Cl2FN2O3. The molecule has 1 fully saturated rings. The molecule has 1 aliphatic heterocycles. The Morgan fingerprint density at radius 1 is 1.55 bits per heavy atom. The number of carbonyl (C=O) groups is 1. The minimum atomic E-state index is -0.577. The van der Waals surface area contributed by atoms with Gasteiger partial charge in [0.1, 0.15) is 11.6 Å². The van der Waals surface area contributed by atoms with Crippen molar-refractivity contribution in [2.75, 3.05) is 26.8 Å². The van der Waals surface area contributed by atoms with Crippen molar-refractivity contribution in [3.05, 3.63) is 29.0 Å². The first kappa shape index (κ1) is 19.0. The Morgan fingerprint density at radius 2 is 2.32 bits per heavy atom. The summed E-state index contributed by atoms with van der Waals surface area (Å²) in [5, 5.41) is 6.08. The van der Waals surface area contributed by atoms with E-state index < -0.39 is 5.82 Å². The smallest absolute Gasteiger partial charge is 0.258 e. The fraction of sp³-hybridized carbons (Fsp3) is 0.500. The van der Waals surface area contributed by atoms with Gasteiger partial charge in [0.2, 0.25) is 0 Å². The van der Waals surface area contributed by atoms with Gasteiger partial charge in [0.25, 0.3) is 5.91 Å². The van der Waals surface area contributed by atoms with E-state index in [0.717, 1.165) is 19.0 Å². The molecule has 22 heavy (non-hydrogen) atoms. The zero-order chi connectivity index (χ0) is 15.2. The van der Waals surface area contributed by atoms with E-state index in [9.17, 15) is 9.18 Å². The summed E-state index contributed by atoms with van der Waals surface area (Å²) in [6.07, 6.45) is 0.732. The number of halogens is 3. The van der Waals surface area contributed by atoms with E-state index in [2.05, 4.69) is 10.6 Å². The normalized spacial score (nSPS) is 20.9. The van der Waals surface area contributed by atoms with Crippen molar-refractivity contribution in [1.29, 1.82) is 0 Å². The number of piperidine rings is 1. The lowest BCUT2D eigenvalue weighted by Gasteiger charge is -2.31. The molecule has 0 unspecified atom stereocenters. The fourth-order valence-corrected chi connectivity index (χ4v) is 2.32. The molecule has 0 aliphatic carbocycles. The molecule has 8 heteroatoms. The lowest BCUT2D eigenvalue weighted by Crippen LogP contribution is -2.54. The van der Waals surface area contributed by atoms with Crippen molar-refractivity contribution in [3.63, 3.8) is 0 Å². The zero-order valence-electron chi connectivity index (χ0n) is 12.1. The number of hydrogen-bond donors (Lipinski definition) is 2. The molecule has 1 heterocycles. The molecule has 2 atom stereocenters. The van der Waals surface area contributed by atoms with Gasteiger partial charge in [-0.1, -0.05) is 11.6 Å². The summed E-state index contributed by atoms with van der Waals surface area (Å²) in [6.45, 7) is 1.35. The molecule has 124 valence electrons. The monoisotopic (exact) mass is 352 g/mol. The van der Waals surface area contributed by atoms with Crippen LogP contribution in [0.3, 0.4) is 0 Å². The molecule has 1 amide bonds. The van der Waals surface area contributed by atoms with E-state index in [4.69, 9.17) is 21.1 Å². The fourth-order valence-electron chi connectivity index (χ4n) is 2.21. The molecule has 0 saturated carbocycles. The second-order valence-corrected chi connectivity index (χ2v) is 5.21. The van der Waals surface area contributed by atoms with Crippen LogP contribution in [0.5, 0.6) is 5.75 Å². The van der Waals surface area contributed by atoms with Crippen molar-refractivity contribution in [2.24, 2.45) is 0 Å². The maximum absolute atomic E-state index is 13.2. The lowest BCUT2D eigenvalue weighted by atomic mass is 10.0. The van der Waals surface area contributed by atoms with E-state index in [1.807, 2.05) is 0 Å². The van der Waals surface area contributed by atoms with Gasteiger partial charge in [-0.2, -0.15) is 0 Å². The van der Waals surface area contributed by atoms with Crippen molar-refractivity contribution in [3.8, 4) is 5.75 Å². The van der Waals surface area contributed by atoms with Gasteiger partial charge in [-0.05, 0) is 25.1 Å². The molecular weight excluding hydrogens is 334 g/mol. The van der Waals surface area contributed by atoms with Crippen LogP contribution in [0.25, 0.3) is 0 Å². The predicted molar refractivity (Wildman–Crippen MR) is 84.4 cm³/mol. The van der Waals surface area contributed by atoms with Gasteiger partial charge in [-0.15, -0.1) is 12.4 Å². The molecule has 0 aromatic heterocycles. The Morgan fingerprint density at radius 3 is 3.00 bits per heavy atom. The van der Waals surface area contributed by atoms with Crippen LogP contribution in [0.15, 0.2) is 18.2 Å². The van der Waals surface area contributed by atoms with Crippen LogP contribution in [-0.2, 0) is 9.53 Å². The second-order valence-electron chi connectivity index (χ2n) is 4.81. The van der Waals surface area contributed by atoms with Crippen molar-refractivity contribution in [2.45, 2.75) is 18.6 Å². The molecule has 1 aliphatic rings. The van der Waals surface area contributed by atoms with Crippen molar-refractivity contribution in [1.82, 2.24) is 10.6 Å². The summed E-state index contributed by atoms with van der Waals surface area (Å²) in [6, 6.07) is 4.01. The highest BCUT2D eigenvalue weighted by molar-refractivity contribution is 6.30. The van der Waals surface area contributed by atoms with Crippen LogP contribution < -0.4 is 15.4 Å². The largest absolute Gasteiger partial charge is 0.484 e. The van der Waals surface area contributed by atoms with Crippen LogP contribution in [-0.4, -0.2) is 44.9 Å². The summed E-state index contributed by atoms with van der Waals surface area (Å²) in [5.41, 5.74) is 0. The Bertz CT molecular complexity index is 505. The Balaban J connectivity index is 0.00000242. The minimum absolute atomic E-state index is 0. The summed E-state index contributed by atoms with van der Waals surface area (Å²) >= 11 is 5.57. The van der Waals surface area contributed by atoms with E-state index in [-0.39, 0.29) is 47.8 Å². The summed E-state index contributed by atoms with van der Waals surface area (Å²) in [5.74, 6) is -0.577. The van der Waals surface area contributed by atoms with Gasteiger partial charge in [0, 0.05) is 19.7 Å². The highest BCUT2D eigenvalue weighted by Crippen LogP contribution is 2.20. The third kappa shape index (κ3) is 5.28. The molecule has 2 rings (SSSR count). The number of benzene rings is 1. The van der Waals surface area contributed by atoms with Gasteiger partial charge >= 0.3 is 0 Å². The number of carbonyl (C=O) groups excluding carboxylic acids is 1. The maximum Gasteiger partial charge on any atom is 0.258 e. The maximum atomic E-state index is 13.2. The molecule has 0 bridgehead atoms. The Kier molecular flexibility index (Phi) is 7.89. The third-order valence-corrected chi connectivity index (χ3v) is 3.64. The average molecular weight is 353 g/mol. The minimum Gasteiger partial charge on any atom is -0.484 e. The Hall–Kier alpha value is -1.08.